The average molecular weight is 354 g/mol. The van der Waals surface area contributed by atoms with E-state index in [1.807, 2.05) is 53.4 Å². The lowest BCUT2D eigenvalue weighted by atomic mass is 9.89. The van der Waals surface area contributed by atoms with Gasteiger partial charge in [0.1, 0.15) is 5.75 Å². The summed E-state index contributed by atoms with van der Waals surface area (Å²) in [5.41, 5.74) is 0.718. The molecule has 5 heteroatoms. The Labute approximate surface area is 154 Å². The van der Waals surface area contributed by atoms with Gasteiger partial charge in [0.2, 0.25) is 5.91 Å². The van der Waals surface area contributed by atoms with Crippen LogP contribution in [0.2, 0.25) is 0 Å². The lowest BCUT2D eigenvalue weighted by Gasteiger charge is -2.34. The molecule has 5 nitrogen and oxygen atoms in total. The molecule has 2 aromatic rings. The number of para-hydroxylation sites is 1. The minimum Gasteiger partial charge on any atom is -0.494 e. The molecular weight excluding hydrogens is 328 g/mol. The normalized spacial score (nSPS) is 16.3. The van der Waals surface area contributed by atoms with Gasteiger partial charge < -0.3 is 14.7 Å². The Hall–Kier alpha value is -2.40. The zero-order chi connectivity index (χ0) is 18.2. The van der Waals surface area contributed by atoms with E-state index in [1.54, 1.807) is 6.20 Å². The van der Waals surface area contributed by atoms with Crippen molar-refractivity contribution in [1.29, 1.82) is 0 Å². The minimum absolute atomic E-state index is 0.162. The highest BCUT2D eigenvalue weighted by molar-refractivity contribution is 5.76. The quantitative estimate of drug-likeness (QED) is 0.776. The standard InChI is InChI=1S/C21H26N2O3/c24-20(10-6-16-26-18-7-2-1-3-8-18)23-14-11-17(12-15-23)21(25)19-9-4-5-13-22-19/h1-5,7-9,13,17,21,25H,6,10-12,14-16H2. The summed E-state index contributed by atoms with van der Waals surface area (Å²) in [6, 6.07) is 15.2. The van der Waals surface area contributed by atoms with E-state index in [9.17, 15) is 9.90 Å². The number of pyridine rings is 1. The number of likely N-dealkylation sites (tertiary alicyclic amines) is 1. The van der Waals surface area contributed by atoms with Gasteiger partial charge in [-0.2, -0.15) is 0 Å². The van der Waals surface area contributed by atoms with E-state index in [0.717, 1.165) is 24.3 Å². The van der Waals surface area contributed by atoms with Gasteiger partial charge >= 0.3 is 0 Å². The molecule has 1 aromatic carbocycles. The molecule has 1 unspecified atom stereocenters. The second-order valence-electron chi connectivity index (χ2n) is 6.68. The molecule has 3 rings (SSSR count). The van der Waals surface area contributed by atoms with Crippen LogP contribution in [0.4, 0.5) is 0 Å². The maximum Gasteiger partial charge on any atom is 0.222 e. The molecule has 0 radical (unpaired) electrons. The SMILES string of the molecule is O=C(CCCOc1ccccc1)N1CCC(C(O)c2ccccn2)CC1. The number of piperidine rings is 1. The first-order valence-electron chi connectivity index (χ1n) is 9.28. The maximum absolute atomic E-state index is 12.4. The van der Waals surface area contributed by atoms with E-state index in [1.165, 1.54) is 0 Å². The summed E-state index contributed by atoms with van der Waals surface area (Å²) in [5.74, 6) is 1.17. The third-order valence-corrected chi connectivity index (χ3v) is 4.88. The summed E-state index contributed by atoms with van der Waals surface area (Å²) >= 11 is 0. The largest absolute Gasteiger partial charge is 0.494 e. The van der Waals surface area contributed by atoms with E-state index in [2.05, 4.69) is 4.98 Å². The molecule has 1 aromatic heterocycles. The number of nitrogens with zero attached hydrogens (tertiary/aromatic N) is 2. The van der Waals surface area contributed by atoms with Crippen molar-refractivity contribution in [3.8, 4) is 5.75 Å². The van der Waals surface area contributed by atoms with Crippen LogP contribution in [0.5, 0.6) is 5.75 Å². The molecule has 0 aliphatic carbocycles. The van der Waals surface area contributed by atoms with Crippen molar-refractivity contribution >= 4 is 5.91 Å². The Bertz CT molecular complexity index is 670. The predicted molar refractivity (Wildman–Crippen MR) is 99.7 cm³/mol. The average Bonchev–Trinajstić information content (AvgIpc) is 2.72. The highest BCUT2D eigenvalue weighted by Gasteiger charge is 2.28. The van der Waals surface area contributed by atoms with E-state index >= 15 is 0 Å². The van der Waals surface area contributed by atoms with Crippen LogP contribution in [0.15, 0.2) is 54.7 Å². The van der Waals surface area contributed by atoms with Gasteiger partial charge in [0.25, 0.3) is 0 Å². The molecule has 1 atom stereocenters. The van der Waals surface area contributed by atoms with Gasteiger partial charge in [-0.3, -0.25) is 9.78 Å². The number of carbonyl (C=O) groups is 1. The van der Waals surface area contributed by atoms with Crippen LogP contribution in [0.3, 0.4) is 0 Å². The van der Waals surface area contributed by atoms with E-state index < -0.39 is 6.10 Å². The molecule has 26 heavy (non-hydrogen) atoms. The number of aliphatic hydroxyl groups excluding tert-OH is 1. The van der Waals surface area contributed by atoms with Crippen molar-refractivity contribution in [2.75, 3.05) is 19.7 Å². The molecule has 0 saturated carbocycles. The predicted octanol–water partition coefficient (Wildman–Crippen LogP) is 3.21. The second kappa shape index (κ2) is 9.34. The van der Waals surface area contributed by atoms with E-state index in [-0.39, 0.29) is 11.8 Å². The topological polar surface area (TPSA) is 62.7 Å². The van der Waals surface area contributed by atoms with Crippen LogP contribution in [0.25, 0.3) is 0 Å². The molecule has 1 aliphatic heterocycles. The zero-order valence-electron chi connectivity index (χ0n) is 15.0. The monoisotopic (exact) mass is 354 g/mol. The van der Waals surface area contributed by atoms with Crippen LogP contribution in [-0.4, -0.2) is 40.6 Å². The number of aliphatic hydroxyl groups is 1. The van der Waals surface area contributed by atoms with Crippen molar-refractivity contribution < 1.29 is 14.6 Å². The van der Waals surface area contributed by atoms with Crippen LogP contribution >= 0.6 is 0 Å². The molecule has 1 fully saturated rings. The number of hydrogen-bond acceptors (Lipinski definition) is 4. The summed E-state index contributed by atoms with van der Waals surface area (Å²) in [6.07, 6.45) is 3.99. The molecule has 1 N–H and O–H groups in total. The summed E-state index contributed by atoms with van der Waals surface area (Å²) in [5, 5.41) is 10.5. The lowest BCUT2D eigenvalue weighted by Crippen LogP contribution is -2.39. The lowest BCUT2D eigenvalue weighted by molar-refractivity contribution is -0.133. The summed E-state index contributed by atoms with van der Waals surface area (Å²) in [7, 11) is 0. The Kier molecular flexibility index (Phi) is 6.61. The first kappa shape index (κ1) is 18.4. The highest BCUT2D eigenvalue weighted by Crippen LogP contribution is 2.29. The summed E-state index contributed by atoms with van der Waals surface area (Å²) in [6.45, 7) is 1.95. The molecule has 1 amide bonds. The Morgan fingerprint density at radius 3 is 2.58 bits per heavy atom. The number of benzene rings is 1. The molecule has 2 heterocycles. The summed E-state index contributed by atoms with van der Waals surface area (Å²) < 4.78 is 5.63. The Morgan fingerprint density at radius 1 is 1.15 bits per heavy atom. The fourth-order valence-electron chi connectivity index (χ4n) is 3.35. The molecule has 0 bridgehead atoms. The Morgan fingerprint density at radius 2 is 1.88 bits per heavy atom. The van der Waals surface area contributed by atoms with Gasteiger partial charge in [0.05, 0.1) is 18.4 Å². The molecular formula is C21H26N2O3. The van der Waals surface area contributed by atoms with Crippen LogP contribution in [0.1, 0.15) is 37.5 Å². The summed E-state index contributed by atoms with van der Waals surface area (Å²) in [4.78, 5) is 18.5. The minimum atomic E-state index is -0.548. The van der Waals surface area contributed by atoms with E-state index in [4.69, 9.17) is 4.74 Å². The van der Waals surface area contributed by atoms with Crippen molar-refractivity contribution in [2.45, 2.75) is 31.8 Å². The highest BCUT2D eigenvalue weighted by atomic mass is 16.5. The number of ether oxygens (including phenoxy) is 1. The van der Waals surface area contributed by atoms with Crippen molar-refractivity contribution in [2.24, 2.45) is 5.92 Å². The van der Waals surface area contributed by atoms with Crippen LogP contribution in [0, 0.1) is 5.92 Å². The first-order chi connectivity index (χ1) is 12.7. The number of aromatic nitrogens is 1. The first-order valence-corrected chi connectivity index (χ1v) is 9.28. The molecule has 138 valence electrons. The zero-order valence-corrected chi connectivity index (χ0v) is 15.0. The maximum atomic E-state index is 12.4. The van der Waals surface area contributed by atoms with Gasteiger partial charge in [0.15, 0.2) is 0 Å². The number of rotatable bonds is 7. The van der Waals surface area contributed by atoms with Crippen molar-refractivity contribution in [3.63, 3.8) is 0 Å². The third-order valence-electron chi connectivity index (χ3n) is 4.88. The fourth-order valence-corrected chi connectivity index (χ4v) is 3.35. The van der Waals surface area contributed by atoms with E-state index in [0.29, 0.717) is 32.5 Å². The fraction of sp³-hybridized carbons (Fsp3) is 0.429. The molecule has 1 aliphatic rings. The smallest absolute Gasteiger partial charge is 0.222 e. The van der Waals surface area contributed by atoms with Crippen LogP contribution < -0.4 is 4.74 Å². The van der Waals surface area contributed by atoms with Crippen molar-refractivity contribution in [1.82, 2.24) is 9.88 Å². The molecule has 0 spiro atoms. The van der Waals surface area contributed by atoms with Crippen molar-refractivity contribution in [3.05, 3.63) is 60.4 Å². The third kappa shape index (κ3) is 5.05. The Balaban J connectivity index is 1.37. The molecule has 1 saturated heterocycles. The van der Waals surface area contributed by atoms with Gasteiger partial charge in [-0.15, -0.1) is 0 Å². The van der Waals surface area contributed by atoms with Gasteiger partial charge in [-0.25, -0.2) is 0 Å². The number of carbonyl (C=O) groups excluding carboxylic acids is 1. The number of amides is 1. The van der Waals surface area contributed by atoms with Gasteiger partial charge in [-0.05, 0) is 49.4 Å². The second-order valence-corrected chi connectivity index (χ2v) is 6.68. The van der Waals surface area contributed by atoms with Gasteiger partial charge in [-0.1, -0.05) is 24.3 Å². The number of hydrogen-bond donors (Lipinski definition) is 1. The van der Waals surface area contributed by atoms with Crippen LogP contribution in [-0.2, 0) is 4.79 Å². The van der Waals surface area contributed by atoms with Gasteiger partial charge in [0, 0.05) is 25.7 Å².